The number of ketones is 1. The van der Waals surface area contributed by atoms with Crippen LogP contribution >= 0.6 is 0 Å². The van der Waals surface area contributed by atoms with E-state index in [9.17, 15) is 14.4 Å². The van der Waals surface area contributed by atoms with Crippen molar-refractivity contribution in [3.05, 3.63) is 36.6 Å². The van der Waals surface area contributed by atoms with Crippen molar-refractivity contribution in [2.45, 2.75) is 6.92 Å². The first-order chi connectivity index (χ1) is 6.97. The van der Waals surface area contributed by atoms with Crippen molar-refractivity contribution in [3.8, 4) is 0 Å². The summed E-state index contributed by atoms with van der Waals surface area (Å²) in [6.07, 6.45) is 4.14. The molecule has 0 rings (SSSR count). The SMILES string of the molecule is C=CC(=O)C=CC(=O)NC=C(C)C(=O)O. The molecule has 1 amide bonds. The molecular weight excluding hydrogens is 198 g/mol. The summed E-state index contributed by atoms with van der Waals surface area (Å²) >= 11 is 0. The second-order valence-electron chi connectivity index (χ2n) is 2.58. The maximum Gasteiger partial charge on any atom is 0.332 e. The highest BCUT2D eigenvalue weighted by molar-refractivity contribution is 6.03. The number of hydrogen-bond acceptors (Lipinski definition) is 3. The molecule has 0 aliphatic carbocycles. The Kier molecular flexibility index (Phi) is 5.40. The molecule has 0 aromatic rings. The van der Waals surface area contributed by atoms with Crippen LogP contribution in [0.4, 0.5) is 0 Å². The molecule has 0 heterocycles. The van der Waals surface area contributed by atoms with Crippen LogP contribution in [0.1, 0.15) is 6.92 Å². The summed E-state index contributed by atoms with van der Waals surface area (Å²) in [7, 11) is 0. The van der Waals surface area contributed by atoms with E-state index in [1.165, 1.54) is 6.92 Å². The molecule has 15 heavy (non-hydrogen) atoms. The zero-order valence-corrected chi connectivity index (χ0v) is 8.19. The summed E-state index contributed by atoms with van der Waals surface area (Å²) in [6, 6.07) is 0. The van der Waals surface area contributed by atoms with Crippen molar-refractivity contribution in [3.63, 3.8) is 0 Å². The summed E-state index contributed by atoms with van der Waals surface area (Å²) in [6.45, 7) is 4.55. The Bertz CT molecular complexity index is 352. The van der Waals surface area contributed by atoms with Gasteiger partial charge in [0, 0.05) is 17.8 Å². The Morgan fingerprint density at radius 2 is 1.87 bits per heavy atom. The van der Waals surface area contributed by atoms with Gasteiger partial charge in [-0.3, -0.25) is 9.59 Å². The molecule has 0 saturated heterocycles. The van der Waals surface area contributed by atoms with Crippen LogP contribution in [0.5, 0.6) is 0 Å². The largest absolute Gasteiger partial charge is 0.478 e. The molecule has 0 atom stereocenters. The van der Waals surface area contributed by atoms with Gasteiger partial charge in [0.05, 0.1) is 0 Å². The number of rotatable bonds is 5. The van der Waals surface area contributed by atoms with Crippen LogP contribution in [-0.4, -0.2) is 22.8 Å². The Balaban J connectivity index is 4.22. The number of nitrogens with one attached hydrogen (secondary N) is 1. The van der Waals surface area contributed by atoms with Crippen LogP contribution in [-0.2, 0) is 14.4 Å². The first-order valence-corrected chi connectivity index (χ1v) is 4.02. The van der Waals surface area contributed by atoms with Gasteiger partial charge in [-0.05, 0) is 19.1 Å². The van der Waals surface area contributed by atoms with Crippen molar-refractivity contribution >= 4 is 17.7 Å². The van der Waals surface area contributed by atoms with Crippen molar-refractivity contribution in [2.75, 3.05) is 0 Å². The van der Waals surface area contributed by atoms with Gasteiger partial charge >= 0.3 is 5.97 Å². The number of carbonyl (C=O) groups is 3. The third-order valence-corrected chi connectivity index (χ3v) is 1.37. The minimum absolute atomic E-state index is 0.00760. The first-order valence-electron chi connectivity index (χ1n) is 4.02. The van der Waals surface area contributed by atoms with E-state index >= 15 is 0 Å². The van der Waals surface area contributed by atoms with Crippen molar-refractivity contribution < 1.29 is 19.5 Å². The Morgan fingerprint density at radius 1 is 1.27 bits per heavy atom. The predicted molar refractivity (Wildman–Crippen MR) is 53.9 cm³/mol. The maximum absolute atomic E-state index is 11.0. The van der Waals surface area contributed by atoms with Gasteiger partial charge in [0.1, 0.15) is 0 Å². The molecule has 0 saturated carbocycles. The number of carbonyl (C=O) groups excluding carboxylic acids is 2. The first kappa shape index (κ1) is 12.8. The number of aliphatic carboxylic acids is 1. The topological polar surface area (TPSA) is 83.5 Å². The van der Waals surface area contributed by atoms with Crippen LogP contribution in [0.3, 0.4) is 0 Å². The lowest BCUT2D eigenvalue weighted by Crippen LogP contribution is -2.16. The van der Waals surface area contributed by atoms with Crippen molar-refractivity contribution in [1.29, 1.82) is 0 Å². The molecule has 0 bridgehead atoms. The fraction of sp³-hybridized carbons (Fsp3) is 0.100. The minimum Gasteiger partial charge on any atom is -0.478 e. The number of amides is 1. The Morgan fingerprint density at radius 3 is 2.33 bits per heavy atom. The van der Waals surface area contributed by atoms with Gasteiger partial charge in [-0.15, -0.1) is 0 Å². The molecule has 0 radical (unpaired) electrons. The van der Waals surface area contributed by atoms with E-state index < -0.39 is 17.7 Å². The highest BCUT2D eigenvalue weighted by atomic mass is 16.4. The monoisotopic (exact) mass is 209 g/mol. The van der Waals surface area contributed by atoms with Gasteiger partial charge in [-0.2, -0.15) is 0 Å². The summed E-state index contributed by atoms with van der Waals surface area (Å²) in [5.74, 6) is -2.10. The quantitative estimate of drug-likeness (QED) is 0.642. The average molecular weight is 209 g/mol. The normalized spacial score (nSPS) is 11.1. The number of allylic oxidation sites excluding steroid dienone is 2. The molecule has 0 spiro atoms. The van der Waals surface area contributed by atoms with E-state index in [0.29, 0.717) is 0 Å². The van der Waals surface area contributed by atoms with E-state index in [-0.39, 0.29) is 5.57 Å². The highest BCUT2D eigenvalue weighted by Gasteiger charge is 1.99. The zero-order valence-electron chi connectivity index (χ0n) is 8.19. The number of carboxylic acid groups (broad SMARTS) is 1. The molecule has 0 fully saturated rings. The third-order valence-electron chi connectivity index (χ3n) is 1.37. The molecule has 5 heteroatoms. The summed E-state index contributed by atoms with van der Waals surface area (Å²) in [4.78, 5) is 32.0. The summed E-state index contributed by atoms with van der Waals surface area (Å²) in [5.41, 5.74) is -0.00760. The molecule has 0 aromatic heterocycles. The molecule has 80 valence electrons. The van der Waals surface area contributed by atoms with E-state index in [2.05, 4.69) is 11.9 Å². The van der Waals surface area contributed by atoms with E-state index in [0.717, 1.165) is 24.4 Å². The van der Waals surface area contributed by atoms with E-state index in [1.807, 2.05) is 0 Å². The highest BCUT2D eigenvalue weighted by Crippen LogP contribution is 1.88. The summed E-state index contributed by atoms with van der Waals surface area (Å²) in [5, 5.41) is 10.6. The number of carboxylic acids is 1. The van der Waals surface area contributed by atoms with Crippen LogP contribution in [0, 0.1) is 0 Å². The standard InChI is InChI=1S/C10H11NO4/c1-3-8(12)4-5-9(13)11-6-7(2)10(14)15/h3-6H,1H2,2H3,(H,11,13)(H,14,15). The van der Waals surface area contributed by atoms with Gasteiger partial charge in [0.25, 0.3) is 0 Å². The average Bonchev–Trinajstić information content (AvgIpc) is 2.21. The summed E-state index contributed by atoms with van der Waals surface area (Å²) < 4.78 is 0. The van der Waals surface area contributed by atoms with Gasteiger partial charge in [0.2, 0.25) is 5.91 Å². The minimum atomic E-state index is -1.12. The van der Waals surface area contributed by atoms with E-state index in [4.69, 9.17) is 5.11 Å². The smallest absolute Gasteiger partial charge is 0.332 e. The molecule has 0 aliphatic heterocycles. The Labute approximate surface area is 86.8 Å². The van der Waals surface area contributed by atoms with Crippen LogP contribution in [0.2, 0.25) is 0 Å². The van der Waals surface area contributed by atoms with Crippen LogP contribution in [0.25, 0.3) is 0 Å². The van der Waals surface area contributed by atoms with Gasteiger partial charge in [-0.25, -0.2) is 4.79 Å². The molecule has 0 aromatic carbocycles. The molecule has 0 aliphatic rings. The second-order valence-corrected chi connectivity index (χ2v) is 2.58. The molecular formula is C10H11NO4. The number of hydrogen-bond donors (Lipinski definition) is 2. The third kappa shape index (κ3) is 5.98. The van der Waals surface area contributed by atoms with Gasteiger partial charge in [0.15, 0.2) is 5.78 Å². The predicted octanol–water partition coefficient (Wildman–Crippen LogP) is 0.402. The van der Waals surface area contributed by atoms with Crippen LogP contribution < -0.4 is 5.32 Å². The lowest BCUT2D eigenvalue weighted by atomic mass is 10.3. The zero-order chi connectivity index (χ0) is 11.8. The van der Waals surface area contributed by atoms with Crippen LogP contribution in [0.15, 0.2) is 36.6 Å². The molecule has 5 nitrogen and oxygen atoms in total. The molecule has 0 unspecified atom stereocenters. The van der Waals surface area contributed by atoms with Gasteiger partial charge < -0.3 is 10.4 Å². The maximum atomic E-state index is 11.0. The lowest BCUT2D eigenvalue weighted by molar-refractivity contribution is -0.132. The van der Waals surface area contributed by atoms with E-state index in [1.54, 1.807) is 0 Å². The molecule has 2 N–H and O–H groups in total. The van der Waals surface area contributed by atoms with Gasteiger partial charge in [-0.1, -0.05) is 6.58 Å². The Hall–Kier alpha value is -2.17. The fourth-order valence-corrected chi connectivity index (χ4v) is 0.515. The fourth-order valence-electron chi connectivity index (χ4n) is 0.515. The van der Waals surface area contributed by atoms with Crippen molar-refractivity contribution in [2.24, 2.45) is 0 Å². The second kappa shape index (κ2) is 6.31. The lowest BCUT2D eigenvalue weighted by Gasteiger charge is -1.94. The van der Waals surface area contributed by atoms with Crippen molar-refractivity contribution in [1.82, 2.24) is 5.32 Å².